The van der Waals surface area contributed by atoms with E-state index in [-0.39, 0.29) is 36.6 Å². The topological polar surface area (TPSA) is 89.5 Å². The van der Waals surface area contributed by atoms with Gasteiger partial charge in [-0.15, -0.1) is 0 Å². The van der Waals surface area contributed by atoms with Crippen LogP contribution < -0.4 is 19.5 Å². The predicted molar refractivity (Wildman–Crippen MR) is 126 cm³/mol. The van der Waals surface area contributed by atoms with Gasteiger partial charge in [0.25, 0.3) is 5.91 Å². The van der Waals surface area contributed by atoms with E-state index < -0.39 is 5.82 Å². The monoisotopic (exact) mass is 469 g/mol. The van der Waals surface area contributed by atoms with E-state index in [1.54, 1.807) is 25.1 Å². The van der Waals surface area contributed by atoms with E-state index in [0.717, 1.165) is 19.4 Å². The largest absolute Gasteiger partial charge is 0.493 e. The molecule has 2 aliphatic rings. The molecule has 2 heterocycles. The molecule has 2 aliphatic heterocycles. The number of rotatable bonds is 9. The SMILES string of the molecule is CCOc1ccc(NC(=O)CCCOc2cc3c(cc2OC)C(=O)N2CCC[C@H]2C=N3)cc1F. The van der Waals surface area contributed by atoms with Gasteiger partial charge in [-0.1, -0.05) is 0 Å². The number of benzene rings is 2. The second-order valence-corrected chi connectivity index (χ2v) is 8.08. The quantitative estimate of drug-likeness (QED) is 0.552. The Kier molecular flexibility index (Phi) is 7.30. The fourth-order valence-corrected chi connectivity index (χ4v) is 4.11. The summed E-state index contributed by atoms with van der Waals surface area (Å²) in [5, 5.41) is 2.67. The molecule has 8 nitrogen and oxygen atoms in total. The Morgan fingerprint density at radius 2 is 2.06 bits per heavy atom. The van der Waals surface area contributed by atoms with Gasteiger partial charge < -0.3 is 24.4 Å². The summed E-state index contributed by atoms with van der Waals surface area (Å²) in [6, 6.07) is 7.70. The van der Waals surface area contributed by atoms with Gasteiger partial charge in [0.2, 0.25) is 5.91 Å². The van der Waals surface area contributed by atoms with Gasteiger partial charge in [-0.2, -0.15) is 0 Å². The number of fused-ring (bicyclic) bond motifs is 2. The lowest BCUT2D eigenvalue weighted by Gasteiger charge is -2.20. The standard InChI is InChI=1S/C25H28FN3O5/c1-3-33-21-9-8-16(12-19(21)26)28-24(30)7-5-11-34-23-14-20-18(13-22(23)32-2)25(31)29-10-4-6-17(29)15-27-20/h8-9,12-15,17H,3-7,10-11H2,1-2H3,(H,28,30)/t17-/m0/s1. The molecule has 1 atom stereocenters. The van der Waals surface area contributed by atoms with Gasteiger partial charge in [-0.05, 0) is 44.4 Å². The maximum absolute atomic E-state index is 13.9. The Morgan fingerprint density at radius 1 is 1.21 bits per heavy atom. The molecule has 9 heteroatoms. The molecule has 0 radical (unpaired) electrons. The predicted octanol–water partition coefficient (Wildman–Crippen LogP) is 4.35. The second-order valence-electron chi connectivity index (χ2n) is 8.08. The molecule has 4 rings (SSSR count). The van der Waals surface area contributed by atoms with Gasteiger partial charge in [-0.3, -0.25) is 14.6 Å². The van der Waals surface area contributed by atoms with Gasteiger partial charge in [-0.25, -0.2) is 4.39 Å². The number of hydrogen-bond acceptors (Lipinski definition) is 6. The highest BCUT2D eigenvalue weighted by Crippen LogP contribution is 2.38. The minimum atomic E-state index is -0.528. The van der Waals surface area contributed by atoms with E-state index in [9.17, 15) is 14.0 Å². The number of nitrogens with one attached hydrogen (secondary N) is 1. The minimum absolute atomic E-state index is 0.0256. The van der Waals surface area contributed by atoms with Crippen molar-refractivity contribution in [2.45, 2.75) is 38.6 Å². The minimum Gasteiger partial charge on any atom is -0.493 e. The summed E-state index contributed by atoms with van der Waals surface area (Å²) in [4.78, 5) is 31.5. The molecule has 0 saturated carbocycles. The van der Waals surface area contributed by atoms with Gasteiger partial charge in [0, 0.05) is 37.0 Å². The van der Waals surface area contributed by atoms with Crippen molar-refractivity contribution in [3.63, 3.8) is 0 Å². The van der Waals surface area contributed by atoms with E-state index in [1.807, 2.05) is 11.1 Å². The van der Waals surface area contributed by atoms with Crippen molar-refractivity contribution in [1.82, 2.24) is 4.90 Å². The molecule has 0 aliphatic carbocycles. The van der Waals surface area contributed by atoms with Crippen LogP contribution in [-0.4, -0.2) is 55.8 Å². The van der Waals surface area contributed by atoms with Crippen molar-refractivity contribution in [2.75, 3.05) is 32.2 Å². The first-order valence-corrected chi connectivity index (χ1v) is 11.4. The van der Waals surface area contributed by atoms with Crippen LogP contribution in [0, 0.1) is 5.82 Å². The van der Waals surface area contributed by atoms with Gasteiger partial charge in [0.1, 0.15) is 0 Å². The summed E-state index contributed by atoms with van der Waals surface area (Å²) in [5.41, 5.74) is 1.40. The number of ether oxygens (including phenoxy) is 3. The average molecular weight is 470 g/mol. The van der Waals surface area contributed by atoms with E-state index in [2.05, 4.69) is 10.3 Å². The first kappa shape index (κ1) is 23.5. The van der Waals surface area contributed by atoms with Crippen LogP contribution in [0.25, 0.3) is 0 Å². The number of amides is 2. The first-order chi connectivity index (χ1) is 16.5. The van der Waals surface area contributed by atoms with Crippen molar-refractivity contribution < 1.29 is 28.2 Å². The Balaban J connectivity index is 1.33. The third kappa shape index (κ3) is 5.13. The molecule has 2 aromatic carbocycles. The van der Waals surface area contributed by atoms with E-state index in [0.29, 0.717) is 41.5 Å². The fourth-order valence-electron chi connectivity index (χ4n) is 4.11. The number of carbonyl (C=O) groups is 2. The summed E-state index contributed by atoms with van der Waals surface area (Å²) in [5.74, 6) is 0.213. The third-order valence-electron chi connectivity index (χ3n) is 5.78. The van der Waals surface area contributed by atoms with Crippen LogP contribution in [0.3, 0.4) is 0 Å². The Bertz CT molecular complexity index is 1100. The number of hydrogen-bond donors (Lipinski definition) is 1. The highest BCUT2D eigenvalue weighted by atomic mass is 19.1. The maximum atomic E-state index is 13.9. The zero-order valence-corrected chi connectivity index (χ0v) is 19.3. The maximum Gasteiger partial charge on any atom is 0.256 e. The number of anilines is 1. The molecular formula is C25H28FN3O5. The van der Waals surface area contributed by atoms with E-state index in [1.165, 1.54) is 19.2 Å². The number of aliphatic imine (C=N–C) groups is 1. The highest BCUT2D eigenvalue weighted by Gasteiger charge is 2.32. The zero-order chi connectivity index (χ0) is 24.1. The molecule has 2 amide bonds. The van der Waals surface area contributed by atoms with Crippen LogP contribution >= 0.6 is 0 Å². The molecule has 1 fully saturated rings. The number of methoxy groups -OCH3 is 1. The zero-order valence-electron chi connectivity index (χ0n) is 19.3. The normalized spacial score (nSPS) is 16.5. The molecule has 1 N–H and O–H groups in total. The van der Waals surface area contributed by atoms with Crippen molar-refractivity contribution in [3.8, 4) is 17.2 Å². The second kappa shape index (κ2) is 10.5. The van der Waals surface area contributed by atoms with Crippen molar-refractivity contribution >= 4 is 29.4 Å². The number of halogens is 1. The highest BCUT2D eigenvalue weighted by molar-refractivity contribution is 6.03. The van der Waals surface area contributed by atoms with Gasteiger partial charge in [0.05, 0.1) is 37.6 Å². The molecule has 0 aromatic heterocycles. The Labute approximate surface area is 197 Å². The number of carbonyl (C=O) groups excluding carboxylic acids is 2. The van der Waals surface area contributed by atoms with Crippen LogP contribution in [0.1, 0.15) is 43.0 Å². The molecule has 34 heavy (non-hydrogen) atoms. The van der Waals surface area contributed by atoms with Gasteiger partial charge in [0.15, 0.2) is 23.1 Å². The third-order valence-corrected chi connectivity index (χ3v) is 5.78. The molecule has 2 aromatic rings. The summed E-state index contributed by atoms with van der Waals surface area (Å²) in [6.07, 6.45) is 4.33. The van der Waals surface area contributed by atoms with Crippen molar-refractivity contribution in [3.05, 3.63) is 41.7 Å². The molecule has 0 unspecified atom stereocenters. The van der Waals surface area contributed by atoms with Crippen LogP contribution in [-0.2, 0) is 4.79 Å². The van der Waals surface area contributed by atoms with E-state index in [4.69, 9.17) is 14.2 Å². The summed E-state index contributed by atoms with van der Waals surface area (Å²) in [7, 11) is 1.51. The van der Waals surface area contributed by atoms with Crippen LogP contribution in [0.15, 0.2) is 35.3 Å². The number of nitrogens with zero attached hydrogens (tertiary/aromatic N) is 2. The van der Waals surface area contributed by atoms with E-state index >= 15 is 0 Å². The molecule has 1 saturated heterocycles. The molecule has 0 spiro atoms. The lowest BCUT2D eigenvalue weighted by molar-refractivity contribution is -0.116. The van der Waals surface area contributed by atoms with Crippen LogP contribution in [0.5, 0.6) is 17.2 Å². The molecule has 180 valence electrons. The summed E-state index contributed by atoms with van der Waals surface area (Å²) < 4.78 is 30.4. The molecular weight excluding hydrogens is 441 g/mol. The fraction of sp³-hybridized carbons (Fsp3) is 0.400. The first-order valence-electron chi connectivity index (χ1n) is 11.4. The Morgan fingerprint density at radius 3 is 2.82 bits per heavy atom. The molecule has 0 bridgehead atoms. The van der Waals surface area contributed by atoms with Crippen molar-refractivity contribution in [2.24, 2.45) is 4.99 Å². The lowest BCUT2D eigenvalue weighted by Crippen LogP contribution is -2.35. The van der Waals surface area contributed by atoms with Crippen molar-refractivity contribution in [1.29, 1.82) is 0 Å². The summed E-state index contributed by atoms with van der Waals surface area (Å²) in [6.45, 7) is 3.11. The smallest absolute Gasteiger partial charge is 0.256 e. The van der Waals surface area contributed by atoms with Crippen LogP contribution in [0.4, 0.5) is 15.8 Å². The Hall–Kier alpha value is -3.62. The van der Waals surface area contributed by atoms with Gasteiger partial charge >= 0.3 is 0 Å². The summed E-state index contributed by atoms with van der Waals surface area (Å²) >= 11 is 0. The van der Waals surface area contributed by atoms with Crippen LogP contribution in [0.2, 0.25) is 0 Å². The average Bonchev–Trinajstić information content (AvgIpc) is 3.26. The lowest BCUT2D eigenvalue weighted by atomic mass is 10.1.